The maximum absolute atomic E-state index is 13.0. The molecule has 0 unspecified atom stereocenters. The Kier molecular flexibility index (Phi) is 3.05. The fourth-order valence-corrected chi connectivity index (χ4v) is 2.00. The van der Waals surface area contributed by atoms with Gasteiger partial charge in [-0.2, -0.15) is 4.98 Å². The molecule has 6 heteroatoms. The van der Waals surface area contributed by atoms with Gasteiger partial charge in [0, 0.05) is 10.7 Å². The summed E-state index contributed by atoms with van der Waals surface area (Å²) in [4.78, 5) is 4.22. The maximum atomic E-state index is 13.0. The van der Waals surface area contributed by atoms with Gasteiger partial charge in [0.2, 0.25) is 0 Å². The molecule has 0 atom stereocenters. The van der Waals surface area contributed by atoms with Crippen LogP contribution in [0.25, 0.3) is 11.1 Å². The fraction of sp³-hybridized carbons (Fsp3) is 0. The van der Waals surface area contributed by atoms with Crippen LogP contribution >= 0.6 is 23.2 Å². The fourth-order valence-electron chi connectivity index (χ4n) is 1.65. The molecule has 0 bridgehead atoms. The van der Waals surface area contributed by atoms with Crippen LogP contribution in [0.15, 0.2) is 40.8 Å². The highest BCUT2D eigenvalue weighted by molar-refractivity contribution is 6.31. The van der Waals surface area contributed by atoms with Crippen LogP contribution in [0.2, 0.25) is 10.0 Å². The molecule has 1 aromatic heterocycles. The van der Waals surface area contributed by atoms with E-state index in [-0.39, 0.29) is 5.02 Å². The zero-order chi connectivity index (χ0) is 13.4. The Morgan fingerprint density at radius 3 is 2.74 bits per heavy atom. The van der Waals surface area contributed by atoms with Crippen LogP contribution in [-0.4, -0.2) is 4.98 Å². The summed E-state index contributed by atoms with van der Waals surface area (Å²) < 4.78 is 18.5. The lowest BCUT2D eigenvalue weighted by Gasteiger charge is -2.02. The molecule has 96 valence electrons. The lowest BCUT2D eigenvalue weighted by atomic mass is 10.3. The van der Waals surface area contributed by atoms with Crippen LogP contribution in [0.4, 0.5) is 16.1 Å². The third-order valence-electron chi connectivity index (χ3n) is 2.52. The number of nitrogens with zero attached hydrogens (tertiary/aromatic N) is 1. The molecule has 1 heterocycles. The van der Waals surface area contributed by atoms with Crippen LogP contribution in [-0.2, 0) is 0 Å². The number of hydrogen-bond acceptors (Lipinski definition) is 3. The van der Waals surface area contributed by atoms with Gasteiger partial charge in [-0.15, -0.1) is 0 Å². The molecule has 0 fully saturated rings. The molecule has 3 aromatic rings. The van der Waals surface area contributed by atoms with Gasteiger partial charge >= 0.3 is 0 Å². The highest BCUT2D eigenvalue weighted by Gasteiger charge is 2.07. The molecule has 1 N–H and O–H groups in total. The highest BCUT2D eigenvalue weighted by atomic mass is 35.5. The molecule has 0 aliphatic carbocycles. The second-order valence-electron chi connectivity index (χ2n) is 3.88. The minimum absolute atomic E-state index is 0.0316. The number of halogens is 3. The van der Waals surface area contributed by atoms with E-state index in [2.05, 4.69) is 10.3 Å². The average molecular weight is 297 g/mol. The topological polar surface area (TPSA) is 38.1 Å². The van der Waals surface area contributed by atoms with Crippen LogP contribution in [0, 0.1) is 5.82 Å². The number of fused-ring (bicyclic) bond motifs is 1. The van der Waals surface area contributed by atoms with Crippen molar-refractivity contribution < 1.29 is 8.81 Å². The first-order chi connectivity index (χ1) is 9.11. The smallest absolute Gasteiger partial charge is 0.300 e. The quantitative estimate of drug-likeness (QED) is 0.722. The normalized spacial score (nSPS) is 10.9. The van der Waals surface area contributed by atoms with Crippen molar-refractivity contribution in [1.82, 2.24) is 4.98 Å². The monoisotopic (exact) mass is 296 g/mol. The lowest BCUT2D eigenvalue weighted by Crippen LogP contribution is -1.90. The lowest BCUT2D eigenvalue weighted by molar-refractivity contribution is 0.621. The summed E-state index contributed by atoms with van der Waals surface area (Å²) in [6.45, 7) is 0. The zero-order valence-corrected chi connectivity index (χ0v) is 11.0. The molecule has 0 saturated heterocycles. The Morgan fingerprint density at radius 2 is 1.95 bits per heavy atom. The van der Waals surface area contributed by atoms with Crippen molar-refractivity contribution in [2.45, 2.75) is 0 Å². The summed E-state index contributed by atoms with van der Waals surface area (Å²) in [6, 6.07) is 9.70. The Hall–Kier alpha value is -1.78. The summed E-state index contributed by atoms with van der Waals surface area (Å²) in [5, 5.41) is 3.52. The van der Waals surface area contributed by atoms with Gasteiger partial charge in [-0.05, 0) is 36.4 Å². The van der Waals surface area contributed by atoms with Gasteiger partial charge in [-0.25, -0.2) is 4.39 Å². The molecule has 2 aromatic carbocycles. The van der Waals surface area contributed by atoms with E-state index >= 15 is 0 Å². The minimum Gasteiger partial charge on any atom is -0.423 e. The summed E-state index contributed by atoms with van der Waals surface area (Å²) in [5.41, 5.74) is 1.84. The Labute approximate surface area is 118 Å². The van der Waals surface area contributed by atoms with E-state index in [0.29, 0.717) is 27.8 Å². The first-order valence-corrected chi connectivity index (χ1v) is 6.15. The Balaban J connectivity index is 1.94. The van der Waals surface area contributed by atoms with Gasteiger partial charge in [0.25, 0.3) is 6.01 Å². The summed E-state index contributed by atoms with van der Waals surface area (Å²) in [7, 11) is 0. The highest BCUT2D eigenvalue weighted by Crippen LogP contribution is 2.26. The van der Waals surface area contributed by atoms with Crippen LogP contribution in [0.1, 0.15) is 0 Å². The molecule has 0 radical (unpaired) electrons. The SMILES string of the molecule is Fc1ccc(Nc2nc3cc(Cl)ccc3o2)cc1Cl. The van der Waals surface area contributed by atoms with Crippen molar-refractivity contribution in [3.8, 4) is 0 Å². The number of anilines is 2. The second kappa shape index (κ2) is 4.72. The minimum atomic E-state index is -0.475. The zero-order valence-electron chi connectivity index (χ0n) is 9.45. The average Bonchev–Trinajstić information content (AvgIpc) is 2.75. The van der Waals surface area contributed by atoms with Crippen molar-refractivity contribution in [2.75, 3.05) is 5.32 Å². The standard InChI is InChI=1S/C13H7Cl2FN2O/c14-7-1-4-12-11(5-7)18-13(19-12)17-8-2-3-10(16)9(15)6-8/h1-6H,(H,17,18). The van der Waals surface area contributed by atoms with Crippen LogP contribution in [0.3, 0.4) is 0 Å². The largest absolute Gasteiger partial charge is 0.423 e. The maximum Gasteiger partial charge on any atom is 0.300 e. The van der Waals surface area contributed by atoms with Gasteiger partial charge in [0.05, 0.1) is 5.02 Å². The summed E-state index contributed by atoms with van der Waals surface area (Å²) in [5.74, 6) is -0.475. The third kappa shape index (κ3) is 2.50. The first kappa shape index (κ1) is 12.3. The van der Waals surface area contributed by atoms with E-state index in [1.54, 1.807) is 24.3 Å². The van der Waals surface area contributed by atoms with E-state index in [0.717, 1.165) is 0 Å². The third-order valence-corrected chi connectivity index (χ3v) is 3.05. The second-order valence-corrected chi connectivity index (χ2v) is 4.73. The molecule has 0 aliphatic heterocycles. The molecule has 3 rings (SSSR count). The molecule has 0 saturated carbocycles. The molecule has 0 amide bonds. The van der Waals surface area contributed by atoms with Crippen LogP contribution < -0.4 is 5.32 Å². The van der Waals surface area contributed by atoms with E-state index in [1.165, 1.54) is 12.1 Å². The van der Waals surface area contributed by atoms with E-state index < -0.39 is 5.82 Å². The van der Waals surface area contributed by atoms with Crippen LogP contribution in [0.5, 0.6) is 0 Å². The number of nitrogens with one attached hydrogen (secondary N) is 1. The van der Waals surface area contributed by atoms with Gasteiger partial charge in [0.15, 0.2) is 5.58 Å². The van der Waals surface area contributed by atoms with E-state index in [9.17, 15) is 4.39 Å². The number of benzene rings is 2. The molecule has 0 spiro atoms. The number of rotatable bonds is 2. The Bertz CT molecular complexity index is 757. The van der Waals surface area contributed by atoms with Crippen molar-refractivity contribution in [2.24, 2.45) is 0 Å². The number of hydrogen-bond donors (Lipinski definition) is 1. The van der Waals surface area contributed by atoms with E-state index in [1.807, 2.05) is 0 Å². The van der Waals surface area contributed by atoms with Crippen molar-refractivity contribution in [3.63, 3.8) is 0 Å². The van der Waals surface area contributed by atoms with Gasteiger partial charge in [0.1, 0.15) is 11.3 Å². The van der Waals surface area contributed by atoms with Gasteiger partial charge in [-0.3, -0.25) is 0 Å². The summed E-state index contributed by atoms with van der Waals surface area (Å²) >= 11 is 11.6. The van der Waals surface area contributed by atoms with Crippen molar-refractivity contribution in [3.05, 3.63) is 52.3 Å². The molecule has 19 heavy (non-hydrogen) atoms. The summed E-state index contributed by atoms with van der Waals surface area (Å²) in [6.07, 6.45) is 0. The van der Waals surface area contributed by atoms with Gasteiger partial charge < -0.3 is 9.73 Å². The van der Waals surface area contributed by atoms with Crippen molar-refractivity contribution in [1.29, 1.82) is 0 Å². The first-order valence-electron chi connectivity index (χ1n) is 5.40. The molecular weight excluding hydrogens is 290 g/mol. The molecular formula is C13H7Cl2FN2O. The molecule has 0 aliphatic rings. The number of oxazole rings is 1. The Morgan fingerprint density at radius 1 is 1.11 bits per heavy atom. The van der Waals surface area contributed by atoms with Crippen molar-refractivity contribution >= 4 is 46.0 Å². The predicted octanol–water partition coefficient (Wildman–Crippen LogP) is 5.02. The molecule has 3 nitrogen and oxygen atoms in total. The number of aromatic nitrogens is 1. The van der Waals surface area contributed by atoms with Gasteiger partial charge in [-0.1, -0.05) is 23.2 Å². The predicted molar refractivity (Wildman–Crippen MR) is 73.7 cm³/mol. The van der Waals surface area contributed by atoms with E-state index in [4.69, 9.17) is 27.6 Å².